The highest BCUT2D eigenvalue weighted by Gasteiger charge is 2.28. The van der Waals surface area contributed by atoms with E-state index in [9.17, 15) is 13.2 Å². The Morgan fingerprint density at radius 2 is 1.80 bits per heavy atom. The number of hydrogen-bond acceptors (Lipinski definition) is 4. The lowest BCUT2D eigenvalue weighted by Gasteiger charge is -2.18. The van der Waals surface area contributed by atoms with Crippen LogP contribution in [0.15, 0.2) is 65.6 Å². The SMILES string of the molecule is COc1ccc2cc(CN(C)C(=O)c3cccc(S(=O)(=O)NC4CC4)c3)ccc2c1. The molecule has 4 rings (SSSR count). The molecular formula is C23H24N2O4S. The van der Waals surface area contributed by atoms with Gasteiger partial charge in [0, 0.05) is 25.2 Å². The van der Waals surface area contributed by atoms with E-state index in [2.05, 4.69) is 4.72 Å². The Morgan fingerprint density at radius 3 is 2.53 bits per heavy atom. The highest BCUT2D eigenvalue weighted by Crippen LogP contribution is 2.24. The van der Waals surface area contributed by atoms with Crippen molar-refractivity contribution >= 4 is 26.7 Å². The molecule has 3 aromatic carbocycles. The Balaban J connectivity index is 1.51. The van der Waals surface area contributed by atoms with Gasteiger partial charge in [-0.25, -0.2) is 13.1 Å². The second-order valence-electron chi connectivity index (χ2n) is 7.63. The van der Waals surface area contributed by atoms with Gasteiger partial charge in [-0.3, -0.25) is 4.79 Å². The zero-order valence-corrected chi connectivity index (χ0v) is 17.8. The van der Waals surface area contributed by atoms with Crippen LogP contribution < -0.4 is 9.46 Å². The first-order chi connectivity index (χ1) is 14.4. The van der Waals surface area contributed by atoms with Gasteiger partial charge in [-0.1, -0.05) is 24.3 Å². The predicted molar refractivity (Wildman–Crippen MR) is 116 cm³/mol. The van der Waals surface area contributed by atoms with Gasteiger partial charge in [-0.2, -0.15) is 0 Å². The molecule has 0 spiro atoms. The number of fused-ring (bicyclic) bond motifs is 1. The molecule has 156 valence electrons. The van der Waals surface area contributed by atoms with Crippen molar-refractivity contribution < 1.29 is 17.9 Å². The van der Waals surface area contributed by atoms with Crippen molar-refractivity contribution in [3.8, 4) is 5.75 Å². The minimum atomic E-state index is -3.60. The fourth-order valence-electron chi connectivity index (χ4n) is 3.35. The molecule has 1 aliphatic carbocycles. The molecule has 7 heteroatoms. The van der Waals surface area contributed by atoms with Crippen molar-refractivity contribution in [3.63, 3.8) is 0 Å². The monoisotopic (exact) mass is 424 g/mol. The van der Waals surface area contributed by atoms with E-state index in [1.807, 2.05) is 36.4 Å². The van der Waals surface area contributed by atoms with Crippen LogP contribution in [0.25, 0.3) is 10.8 Å². The molecule has 0 aliphatic heterocycles. The topological polar surface area (TPSA) is 75.7 Å². The van der Waals surface area contributed by atoms with E-state index in [1.54, 1.807) is 31.2 Å². The fourth-order valence-corrected chi connectivity index (χ4v) is 4.70. The normalized spacial score (nSPS) is 13.9. The summed E-state index contributed by atoms with van der Waals surface area (Å²) in [6, 6.07) is 18.1. The highest BCUT2D eigenvalue weighted by molar-refractivity contribution is 7.89. The molecule has 30 heavy (non-hydrogen) atoms. The number of ether oxygens (including phenoxy) is 1. The zero-order valence-electron chi connectivity index (χ0n) is 17.0. The molecule has 1 N–H and O–H groups in total. The van der Waals surface area contributed by atoms with Crippen LogP contribution in [0.3, 0.4) is 0 Å². The van der Waals surface area contributed by atoms with Crippen LogP contribution in [0.1, 0.15) is 28.8 Å². The maximum atomic E-state index is 12.9. The molecule has 1 saturated carbocycles. The third kappa shape index (κ3) is 4.47. The largest absolute Gasteiger partial charge is 0.497 e. The molecule has 0 radical (unpaired) electrons. The number of carbonyl (C=O) groups is 1. The number of nitrogens with one attached hydrogen (secondary N) is 1. The number of sulfonamides is 1. The van der Waals surface area contributed by atoms with E-state index in [0.717, 1.165) is 34.9 Å². The standard InChI is InChI=1S/C23H24N2O4S/c1-25(15-16-6-7-18-13-21(29-2)11-8-17(18)12-16)23(26)19-4-3-5-22(14-19)30(27,28)24-20-9-10-20/h3-8,11-14,20,24H,9-10,15H2,1-2H3. The summed E-state index contributed by atoms with van der Waals surface area (Å²) >= 11 is 0. The molecule has 1 fully saturated rings. The summed E-state index contributed by atoms with van der Waals surface area (Å²) < 4.78 is 32.8. The molecule has 0 aromatic heterocycles. The first-order valence-corrected chi connectivity index (χ1v) is 11.3. The second-order valence-corrected chi connectivity index (χ2v) is 9.35. The van der Waals surface area contributed by atoms with E-state index in [4.69, 9.17) is 4.74 Å². The van der Waals surface area contributed by atoms with Crippen LogP contribution in [0.2, 0.25) is 0 Å². The van der Waals surface area contributed by atoms with Crippen molar-refractivity contribution in [2.75, 3.05) is 14.2 Å². The maximum Gasteiger partial charge on any atom is 0.253 e. The Hall–Kier alpha value is -2.90. The lowest BCUT2D eigenvalue weighted by atomic mass is 10.1. The number of nitrogens with zero attached hydrogens (tertiary/aromatic N) is 1. The van der Waals surface area contributed by atoms with E-state index >= 15 is 0 Å². The van der Waals surface area contributed by atoms with Gasteiger partial charge in [-0.15, -0.1) is 0 Å². The minimum Gasteiger partial charge on any atom is -0.497 e. The number of hydrogen-bond donors (Lipinski definition) is 1. The third-order valence-corrected chi connectivity index (χ3v) is 6.69. The average Bonchev–Trinajstić information content (AvgIpc) is 3.56. The van der Waals surface area contributed by atoms with Crippen LogP contribution in [-0.2, 0) is 16.6 Å². The number of benzene rings is 3. The average molecular weight is 425 g/mol. The molecule has 3 aromatic rings. The number of amides is 1. The van der Waals surface area contributed by atoms with Crippen LogP contribution in [0.4, 0.5) is 0 Å². The lowest BCUT2D eigenvalue weighted by Crippen LogP contribution is -2.28. The quantitative estimate of drug-likeness (QED) is 0.629. The van der Waals surface area contributed by atoms with E-state index in [1.165, 1.54) is 12.1 Å². The Kier molecular flexibility index (Phi) is 5.49. The van der Waals surface area contributed by atoms with Crippen molar-refractivity contribution in [1.82, 2.24) is 9.62 Å². The smallest absolute Gasteiger partial charge is 0.253 e. The Labute approximate surface area is 176 Å². The van der Waals surface area contributed by atoms with E-state index in [-0.39, 0.29) is 16.8 Å². The minimum absolute atomic E-state index is 0.0184. The summed E-state index contributed by atoms with van der Waals surface area (Å²) in [5.74, 6) is 0.571. The summed E-state index contributed by atoms with van der Waals surface area (Å²) in [6.45, 7) is 0.415. The van der Waals surface area contributed by atoms with Gasteiger partial charge >= 0.3 is 0 Å². The molecule has 6 nitrogen and oxygen atoms in total. The Morgan fingerprint density at radius 1 is 1.07 bits per heavy atom. The molecule has 0 saturated heterocycles. The van der Waals surface area contributed by atoms with Gasteiger partial charge in [-0.05, 0) is 65.6 Å². The van der Waals surface area contributed by atoms with Crippen molar-refractivity contribution in [2.24, 2.45) is 0 Å². The third-order valence-electron chi connectivity index (χ3n) is 5.17. The van der Waals surface area contributed by atoms with E-state index < -0.39 is 10.0 Å². The second kappa shape index (κ2) is 8.08. The lowest BCUT2D eigenvalue weighted by molar-refractivity contribution is 0.0785. The van der Waals surface area contributed by atoms with Crippen LogP contribution in [0.5, 0.6) is 5.75 Å². The molecule has 1 aliphatic rings. The first-order valence-electron chi connectivity index (χ1n) is 9.80. The van der Waals surface area contributed by atoms with Crippen molar-refractivity contribution in [3.05, 3.63) is 71.8 Å². The van der Waals surface area contributed by atoms with Gasteiger partial charge in [0.25, 0.3) is 5.91 Å². The molecule has 1 amide bonds. The summed E-state index contributed by atoms with van der Waals surface area (Å²) in [6.07, 6.45) is 1.72. The molecular weight excluding hydrogens is 400 g/mol. The number of rotatable bonds is 7. The van der Waals surface area contributed by atoms with Crippen LogP contribution in [0, 0.1) is 0 Å². The summed E-state index contributed by atoms with van der Waals surface area (Å²) in [4.78, 5) is 14.6. The summed E-state index contributed by atoms with van der Waals surface area (Å²) in [7, 11) is -0.249. The van der Waals surface area contributed by atoms with Crippen molar-refractivity contribution in [1.29, 1.82) is 0 Å². The van der Waals surface area contributed by atoms with E-state index in [0.29, 0.717) is 12.1 Å². The van der Waals surface area contributed by atoms with Crippen LogP contribution >= 0.6 is 0 Å². The fraction of sp³-hybridized carbons (Fsp3) is 0.261. The van der Waals surface area contributed by atoms with Gasteiger partial charge in [0.1, 0.15) is 5.75 Å². The van der Waals surface area contributed by atoms with Gasteiger partial charge < -0.3 is 9.64 Å². The summed E-state index contributed by atoms with van der Waals surface area (Å²) in [5, 5.41) is 2.13. The van der Waals surface area contributed by atoms with Gasteiger partial charge in [0.15, 0.2) is 0 Å². The van der Waals surface area contributed by atoms with Gasteiger partial charge in [0.05, 0.1) is 12.0 Å². The first kappa shape index (κ1) is 20.4. The predicted octanol–water partition coefficient (Wildman–Crippen LogP) is 3.56. The highest BCUT2D eigenvalue weighted by atomic mass is 32.2. The molecule has 0 unspecified atom stereocenters. The summed E-state index contributed by atoms with van der Waals surface area (Å²) in [5.41, 5.74) is 1.34. The maximum absolute atomic E-state index is 12.9. The van der Waals surface area contributed by atoms with Crippen LogP contribution in [-0.4, -0.2) is 39.4 Å². The zero-order chi connectivity index (χ0) is 21.3. The Bertz CT molecular complexity index is 1200. The van der Waals surface area contributed by atoms with Gasteiger partial charge in [0.2, 0.25) is 10.0 Å². The number of carbonyl (C=O) groups excluding carboxylic acids is 1. The number of methoxy groups -OCH3 is 1. The molecule has 0 heterocycles. The van der Waals surface area contributed by atoms with Crippen molar-refractivity contribution in [2.45, 2.75) is 30.3 Å². The molecule has 0 bridgehead atoms. The molecule has 0 atom stereocenters.